The average Bonchev–Trinajstić information content (AvgIpc) is 2.05. The first-order valence-electron chi connectivity index (χ1n) is 2.88. The molecule has 1 aromatic heterocycles. The average molecular weight is 176 g/mol. The smallest absolute Gasteiger partial charge is 0.235 e. The van der Waals surface area contributed by atoms with E-state index in [1.54, 1.807) is 6.26 Å². The molecule has 1 heterocycles. The second-order valence-corrected chi connectivity index (χ2v) is 2.61. The van der Waals surface area contributed by atoms with Gasteiger partial charge < -0.3 is 0 Å². The number of alkyl halides is 2. The summed E-state index contributed by atoms with van der Waals surface area (Å²) in [4.78, 5) is 7.17. The molecule has 0 unspecified atom stereocenters. The molecule has 11 heavy (non-hydrogen) atoms. The summed E-state index contributed by atoms with van der Waals surface area (Å²) in [5.74, 6) is 0. The van der Waals surface area contributed by atoms with E-state index in [0.29, 0.717) is 5.03 Å². The second kappa shape index (κ2) is 3.61. The normalized spacial score (nSPS) is 10.5. The van der Waals surface area contributed by atoms with E-state index in [1.165, 1.54) is 17.8 Å². The Hall–Kier alpha value is -0.710. The molecular weight excluding hydrogens is 170 g/mol. The van der Waals surface area contributed by atoms with Gasteiger partial charge in [-0.1, -0.05) is 0 Å². The lowest BCUT2D eigenvalue weighted by atomic mass is 10.4. The largest absolute Gasteiger partial charge is 0.280 e. The van der Waals surface area contributed by atoms with Gasteiger partial charge in [-0.15, -0.1) is 11.8 Å². The lowest BCUT2D eigenvalue weighted by molar-refractivity contribution is 0.145. The highest BCUT2D eigenvalue weighted by atomic mass is 32.2. The number of hydrogen-bond acceptors (Lipinski definition) is 3. The molecule has 0 atom stereocenters. The highest BCUT2D eigenvalue weighted by Crippen LogP contribution is 2.19. The van der Waals surface area contributed by atoms with Crippen LogP contribution in [0.25, 0.3) is 0 Å². The van der Waals surface area contributed by atoms with Crippen LogP contribution < -0.4 is 0 Å². The molecule has 0 radical (unpaired) electrons. The molecule has 0 bridgehead atoms. The first kappa shape index (κ1) is 8.39. The van der Waals surface area contributed by atoms with Gasteiger partial charge in [-0.25, -0.2) is 18.7 Å². The third-order valence-electron chi connectivity index (χ3n) is 1.10. The zero-order valence-electron chi connectivity index (χ0n) is 5.79. The number of hydrogen-bond donors (Lipinski definition) is 0. The van der Waals surface area contributed by atoms with Gasteiger partial charge in [-0.2, -0.15) is 0 Å². The molecule has 5 heteroatoms. The van der Waals surface area contributed by atoms with E-state index in [1.807, 2.05) is 0 Å². The van der Waals surface area contributed by atoms with Crippen LogP contribution >= 0.6 is 11.8 Å². The summed E-state index contributed by atoms with van der Waals surface area (Å²) in [7, 11) is 0. The van der Waals surface area contributed by atoms with Crippen molar-refractivity contribution in [3.63, 3.8) is 0 Å². The Morgan fingerprint density at radius 2 is 2.18 bits per heavy atom. The van der Waals surface area contributed by atoms with Crippen LogP contribution in [0.5, 0.6) is 0 Å². The molecular formula is C6H6F2N2S. The molecule has 0 aliphatic rings. The Bertz CT molecular complexity index is 242. The summed E-state index contributed by atoms with van der Waals surface area (Å²) >= 11 is 1.32. The topological polar surface area (TPSA) is 25.8 Å². The molecule has 0 N–H and O–H groups in total. The summed E-state index contributed by atoms with van der Waals surface area (Å²) in [6, 6.07) is 1.29. The van der Waals surface area contributed by atoms with Gasteiger partial charge in [0.05, 0.1) is 5.03 Å². The van der Waals surface area contributed by atoms with Gasteiger partial charge in [-0.3, -0.25) is 0 Å². The minimum absolute atomic E-state index is 0.218. The van der Waals surface area contributed by atoms with E-state index in [2.05, 4.69) is 9.97 Å². The third kappa shape index (κ3) is 2.11. The highest BCUT2D eigenvalue weighted by molar-refractivity contribution is 7.98. The molecule has 0 saturated heterocycles. The van der Waals surface area contributed by atoms with E-state index in [9.17, 15) is 8.78 Å². The van der Waals surface area contributed by atoms with Gasteiger partial charge in [0.15, 0.2) is 0 Å². The number of nitrogens with zero attached hydrogens (tertiary/aromatic N) is 2. The maximum Gasteiger partial charge on any atom is 0.280 e. The van der Waals surface area contributed by atoms with Crippen molar-refractivity contribution < 1.29 is 8.78 Å². The molecule has 0 aromatic carbocycles. The lowest BCUT2D eigenvalue weighted by Gasteiger charge is -1.98. The molecule has 0 spiro atoms. The van der Waals surface area contributed by atoms with Gasteiger partial charge in [0.25, 0.3) is 6.43 Å². The van der Waals surface area contributed by atoms with Crippen LogP contribution in [0.3, 0.4) is 0 Å². The molecule has 0 aliphatic carbocycles. The molecule has 0 aliphatic heterocycles. The van der Waals surface area contributed by atoms with Crippen LogP contribution in [0.2, 0.25) is 0 Å². The van der Waals surface area contributed by atoms with Gasteiger partial charge in [0, 0.05) is 0 Å². The Kier molecular flexibility index (Phi) is 2.76. The van der Waals surface area contributed by atoms with Gasteiger partial charge >= 0.3 is 0 Å². The van der Waals surface area contributed by atoms with Crippen molar-refractivity contribution >= 4 is 11.8 Å². The van der Waals surface area contributed by atoms with Crippen molar-refractivity contribution in [3.05, 3.63) is 18.1 Å². The number of thioether (sulfide) groups is 1. The summed E-state index contributed by atoms with van der Waals surface area (Å²) in [5, 5.41) is 0.565. The quantitative estimate of drug-likeness (QED) is 0.510. The van der Waals surface area contributed by atoms with E-state index < -0.39 is 6.43 Å². The minimum atomic E-state index is -2.51. The highest BCUT2D eigenvalue weighted by Gasteiger charge is 2.08. The van der Waals surface area contributed by atoms with E-state index >= 15 is 0 Å². The molecule has 60 valence electrons. The zero-order chi connectivity index (χ0) is 8.27. The fourth-order valence-corrected chi connectivity index (χ4v) is 0.976. The lowest BCUT2D eigenvalue weighted by Crippen LogP contribution is -1.91. The van der Waals surface area contributed by atoms with Crippen LogP contribution in [0.15, 0.2) is 17.4 Å². The van der Waals surface area contributed by atoms with Crippen molar-refractivity contribution in [2.45, 2.75) is 11.5 Å². The van der Waals surface area contributed by atoms with Crippen LogP contribution in [-0.2, 0) is 0 Å². The van der Waals surface area contributed by atoms with Gasteiger partial charge in [-0.05, 0) is 12.3 Å². The molecule has 1 rings (SSSR count). The number of halogens is 2. The van der Waals surface area contributed by atoms with E-state index in [4.69, 9.17) is 0 Å². The molecule has 2 nitrogen and oxygen atoms in total. The molecule has 0 fully saturated rings. The summed E-state index contributed by atoms with van der Waals surface area (Å²) in [6.45, 7) is 0. The van der Waals surface area contributed by atoms with Crippen molar-refractivity contribution in [2.24, 2.45) is 0 Å². The summed E-state index contributed by atoms with van der Waals surface area (Å²) < 4.78 is 24.0. The Labute approximate surface area is 67.1 Å². The van der Waals surface area contributed by atoms with Crippen molar-refractivity contribution in [2.75, 3.05) is 6.26 Å². The zero-order valence-corrected chi connectivity index (χ0v) is 6.61. The molecule has 0 amide bonds. The summed E-state index contributed by atoms with van der Waals surface area (Å²) in [6.07, 6.45) is 0.411. The predicted molar refractivity (Wildman–Crippen MR) is 38.8 cm³/mol. The van der Waals surface area contributed by atoms with Crippen LogP contribution in [-0.4, -0.2) is 16.2 Å². The fourth-order valence-electron chi connectivity index (χ4n) is 0.584. The van der Waals surface area contributed by atoms with Crippen molar-refractivity contribution in [1.82, 2.24) is 9.97 Å². The van der Waals surface area contributed by atoms with Crippen LogP contribution in [0.4, 0.5) is 8.78 Å². The number of aromatic nitrogens is 2. The number of rotatable bonds is 2. The Morgan fingerprint density at radius 3 is 2.73 bits per heavy atom. The monoisotopic (exact) mass is 176 g/mol. The Morgan fingerprint density at radius 1 is 1.45 bits per heavy atom. The third-order valence-corrected chi connectivity index (χ3v) is 1.74. The van der Waals surface area contributed by atoms with E-state index in [-0.39, 0.29) is 5.69 Å². The molecule has 1 aromatic rings. The first-order valence-corrected chi connectivity index (χ1v) is 4.10. The maximum atomic E-state index is 12.0. The minimum Gasteiger partial charge on any atom is -0.235 e. The second-order valence-electron chi connectivity index (χ2n) is 1.79. The van der Waals surface area contributed by atoms with Gasteiger partial charge in [0.1, 0.15) is 12.0 Å². The molecule has 0 saturated carbocycles. The van der Waals surface area contributed by atoms with E-state index in [0.717, 1.165) is 6.33 Å². The standard InChI is InChI=1S/C6H6F2N2S/c1-11-5-2-4(6(7)8)9-3-10-5/h2-3,6H,1H3. The van der Waals surface area contributed by atoms with Crippen LogP contribution in [0.1, 0.15) is 12.1 Å². The SMILES string of the molecule is CSc1cc(C(F)F)ncn1. The first-order chi connectivity index (χ1) is 5.24. The predicted octanol–water partition coefficient (Wildman–Crippen LogP) is 2.14. The van der Waals surface area contributed by atoms with Gasteiger partial charge in [0.2, 0.25) is 0 Å². The Balaban J connectivity index is 2.91. The van der Waals surface area contributed by atoms with Crippen molar-refractivity contribution in [1.29, 1.82) is 0 Å². The fraction of sp³-hybridized carbons (Fsp3) is 0.333. The van der Waals surface area contributed by atoms with Crippen molar-refractivity contribution in [3.8, 4) is 0 Å². The van der Waals surface area contributed by atoms with Crippen LogP contribution in [0, 0.1) is 0 Å². The summed E-state index contributed by atoms with van der Waals surface area (Å²) in [5.41, 5.74) is -0.218. The maximum absolute atomic E-state index is 12.0.